The Morgan fingerprint density at radius 1 is 1.28 bits per heavy atom. The van der Waals surface area contributed by atoms with Gasteiger partial charge in [-0.1, -0.05) is 12.1 Å². The standard InChI is InChI=1S/C20H22N6O2S/c1-4-16-18(25-12-21-10-17(25)29-16)19(27)15-11-26(23-22-15)14-8-6-13(7-9-14)20(28)24(3)5-2/h6-12,19,27H,4-5H2,1-3H3. The molecule has 4 rings (SSSR count). The number of rotatable bonds is 6. The molecule has 0 aliphatic rings. The number of aryl methyl sites for hydroxylation is 1. The molecule has 0 radical (unpaired) electrons. The number of aliphatic hydroxyl groups excluding tert-OH is 1. The molecule has 0 spiro atoms. The normalized spacial score (nSPS) is 12.4. The van der Waals surface area contributed by atoms with Gasteiger partial charge in [-0.3, -0.25) is 9.20 Å². The maximum absolute atomic E-state index is 12.2. The van der Waals surface area contributed by atoms with Gasteiger partial charge in [-0.15, -0.1) is 16.4 Å². The van der Waals surface area contributed by atoms with Crippen LogP contribution in [0.25, 0.3) is 10.5 Å². The van der Waals surface area contributed by atoms with E-state index in [-0.39, 0.29) is 5.91 Å². The van der Waals surface area contributed by atoms with E-state index >= 15 is 0 Å². The van der Waals surface area contributed by atoms with Gasteiger partial charge in [0.05, 0.1) is 23.8 Å². The molecule has 0 saturated carbocycles. The number of nitrogens with zero attached hydrogens (tertiary/aromatic N) is 6. The monoisotopic (exact) mass is 410 g/mol. The van der Waals surface area contributed by atoms with Gasteiger partial charge in [0.2, 0.25) is 0 Å². The molecule has 1 atom stereocenters. The molecule has 0 saturated heterocycles. The zero-order valence-electron chi connectivity index (χ0n) is 16.5. The van der Waals surface area contributed by atoms with Crippen LogP contribution in [-0.4, -0.2) is 53.9 Å². The molecule has 8 nitrogen and oxygen atoms in total. The Labute approximate surface area is 172 Å². The average Bonchev–Trinajstić information content (AvgIpc) is 3.47. The van der Waals surface area contributed by atoms with E-state index in [4.69, 9.17) is 0 Å². The average molecular weight is 411 g/mol. The van der Waals surface area contributed by atoms with Gasteiger partial charge in [0.1, 0.15) is 23.0 Å². The van der Waals surface area contributed by atoms with Crippen molar-refractivity contribution in [2.24, 2.45) is 0 Å². The lowest BCUT2D eigenvalue weighted by Gasteiger charge is -2.14. The van der Waals surface area contributed by atoms with Gasteiger partial charge in [0.25, 0.3) is 5.91 Å². The summed E-state index contributed by atoms with van der Waals surface area (Å²) in [6, 6.07) is 7.17. The lowest BCUT2D eigenvalue weighted by atomic mass is 10.1. The largest absolute Gasteiger partial charge is 0.380 e. The fourth-order valence-electron chi connectivity index (χ4n) is 3.18. The van der Waals surface area contributed by atoms with E-state index in [9.17, 15) is 9.90 Å². The molecule has 3 aromatic heterocycles. The van der Waals surface area contributed by atoms with E-state index in [0.717, 1.165) is 27.5 Å². The molecule has 4 aromatic rings. The van der Waals surface area contributed by atoms with Gasteiger partial charge in [0, 0.05) is 24.0 Å². The second-order valence-electron chi connectivity index (χ2n) is 6.72. The van der Waals surface area contributed by atoms with Crippen LogP contribution in [0.2, 0.25) is 0 Å². The van der Waals surface area contributed by atoms with Gasteiger partial charge >= 0.3 is 0 Å². The van der Waals surface area contributed by atoms with Crippen molar-refractivity contribution in [2.75, 3.05) is 13.6 Å². The second-order valence-corrected chi connectivity index (χ2v) is 7.84. The summed E-state index contributed by atoms with van der Waals surface area (Å²) in [6.07, 6.45) is 5.11. The molecule has 0 fully saturated rings. The minimum Gasteiger partial charge on any atom is -0.380 e. The number of thiazole rings is 1. The summed E-state index contributed by atoms with van der Waals surface area (Å²) in [5.74, 6) is -0.0253. The maximum atomic E-state index is 12.2. The predicted octanol–water partition coefficient (Wildman–Crippen LogP) is 2.71. The Morgan fingerprint density at radius 2 is 2.03 bits per heavy atom. The first-order chi connectivity index (χ1) is 14.0. The highest BCUT2D eigenvalue weighted by Gasteiger charge is 2.23. The van der Waals surface area contributed by atoms with Crippen LogP contribution in [0.15, 0.2) is 43.0 Å². The molecule has 150 valence electrons. The van der Waals surface area contributed by atoms with Crippen molar-refractivity contribution in [1.29, 1.82) is 0 Å². The molecule has 29 heavy (non-hydrogen) atoms. The zero-order chi connectivity index (χ0) is 20.5. The molecule has 0 aliphatic carbocycles. The zero-order valence-corrected chi connectivity index (χ0v) is 17.3. The van der Waals surface area contributed by atoms with Gasteiger partial charge in [-0.2, -0.15) is 0 Å². The molecule has 1 amide bonds. The number of hydrogen-bond donors (Lipinski definition) is 1. The highest BCUT2D eigenvalue weighted by molar-refractivity contribution is 7.17. The summed E-state index contributed by atoms with van der Waals surface area (Å²) in [7, 11) is 1.77. The molecule has 9 heteroatoms. The first kappa shape index (κ1) is 19.3. The summed E-state index contributed by atoms with van der Waals surface area (Å²) in [6.45, 7) is 4.64. The van der Waals surface area contributed by atoms with Crippen LogP contribution in [-0.2, 0) is 6.42 Å². The van der Waals surface area contributed by atoms with Crippen LogP contribution in [0.5, 0.6) is 0 Å². The van der Waals surface area contributed by atoms with Gasteiger partial charge in [-0.05, 0) is 37.6 Å². The highest BCUT2D eigenvalue weighted by atomic mass is 32.1. The third-order valence-corrected chi connectivity index (χ3v) is 6.20. The molecular weight excluding hydrogens is 388 g/mol. The fraction of sp³-hybridized carbons (Fsp3) is 0.300. The summed E-state index contributed by atoms with van der Waals surface area (Å²) in [5, 5.41) is 19.3. The van der Waals surface area contributed by atoms with Gasteiger partial charge in [0.15, 0.2) is 0 Å². The molecule has 1 aromatic carbocycles. The van der Waals surface area contributed by atoms with E-state index in [1.54, 1.807) is 58.8 Å². The number of amides is 1. The van der Waals surface area contributed by atoms with E-state index < -0.39 is 6.10 Å². The second kappa shape index (κ2) is 7.76. The Bertz CT molecular complexity index is 1140. The van der Waals surface area contributed by atoms with Crippen LogP contribution in [0.3, 0.4) is 0 Å². The molecular formula is C20H22N6O2S. The summed E-state index contributed by atoms with van der Waals surface area (Å²) < 4.78 is 3.50. The third-order valence-electron chi connectivity index (χ3n) is 4.95. The first-order valence-electron chi connectivity index (χ1n) is 9.43. The Morgan fingerprint density at radius 3 is 2.72 bits per heavy atom. The number of aromatic nitrogens is 5. The summed E-state index contributed by atoms with van der Waals surface area (Å²) in [5.41, 5.74) is 2.62. The summed E-state index contributed by atoms with van der Waals surface area (Å²) in [4.78, 5) is 20.1. The van der Waals surface area contributed by atoms with Crippen molar-refractivity contribution in [2.45, 2.75) is 26.4 Å². The number of benzene rings is 1. The van der Waals surface area contributed by atoms with Gasteiger partial charge in [-0.25, -0.2) is 9.67 Å². The van der Waals surface area contributed by atoms with Crippen molar-refractivity contribution in [3.63, 3.8) is 0 Å². The lowest BCUT2D eigenvalue weighted by Crippen LogP contribution is -2.26. The van der Waals surface area contributed by atoms with Crippen molar-refractivity contribution in [3.05, 3.63) is 64.8 Å². The SMILES string of the molecule is CCc1sc2cncn2c1C(O)c1cn(-c2ccc(C(=O)N(C)CC)cc2)nn1. The van der Waals surface area contributed by atoms with E-state index in [1.165, 1.54) is 0 Å². The minimum atomic E-state index is -0.902. The number of carbonyl (C=O) groups is 1. The smallest absolute Gasteiger partial charge is 0.253 e. The topological polar surface area (TPSA) is 88.5 Å². The van der Waals surface area contributed by atoms with Crippen molar-refractivity contribution >= 4 is 22.1 Å². The number of imidazole rings is 1. The first-order valence-corrected chi connectivity index (χ1v) is 10.2. The highest BCUT2D eigenvalue weighted by Crippen LogP contribution is 2.31. The molecule has 1 unspecified atom stereocenters. The Hall–Kier alpha value is -3.04. The Balaban J connectivity index is 1.61. The number of hydrogen-bond acceptors (Lipinski definition) is 6. The molecule has 1 N–H and O–H groups in total. The van der Waals surface area contributed by atoms with Crippen molar-refractivity contribution in [3.8, 4) is 5.69 Å². The molecule has 0 bridgehead atoms. The van der Waals surface area contributed by atoms with Gasteiger partial charge < -0.3 is 10.0 Å². The molecule has 0 aliphatic heterocycles. The van der Waals surface area contributed by atoms with Crippen LogP contribution in [0.4, 0.5) is 0 Å². The number of carbonyl (C=O) groups excluding carboxylic acids is 1. The van der Waals surface area contributed by atoms with E-state index in [1.807, 2.05) is 23.5 Å². The van der Waals surface area contributed by atoms with E-state index in [2.05, 4.69) is 22.2 Å². The Kier molecular flexibility index (Phi) is 5.16. The lowest BCUT2D eigenvalue weighted by molar-refractivity contribution is 0.0802. The van der Waals surface area contributed by atoms with Crippen LogP contribution < -0.4 is 0 Å². The molecule has 3 heterocycles. The fourth-order valence-corrected chi connectivity index (χ4v) is 4.25. The predicted molar refractivity (Wildman–Crippen MR) is 111 cm³/mol. The van der Waals surface area contributed by atoms with Crippen LogP contribution in [0.1, 0.15) is 46.6 Å². The maximum Gasteiger partial charge on any atom is 0.253 e. The van der Waals surface area contributed by atoms with Crippen molar-refractivity contribution in [1.82, 2.24) is 29.3 Å². The van der Waals surface area contributed by atoms with Crippen LogP contribution >= 0.6 is 11.3 Å². The van der Waals surface area contributed by atoms with Crippen LogP contribution in [0, 0.1) is 0 Å². The summed E-state index contributed by atoms with van der Waals surface area (Å²) >= 11 is 1.61. The number of fused-ring (bicyclic) bond motifs is 1. The third kappa shape index (κ3) is 3.43. The number of aliphatic hydroxyl groups is 1. The van der Waals surface area contributed by atoms with E-state index in [0.29, 0.717) is 17.8 Å². The minimum absolute atomic E-state index is 0.0253. The van der Waals surface area contributed by atoms with Crippen molar-refractivity contribution < 1.29 is 9.90 Å². The quantitative estimate of drug-likeness (QED) is 0.528.